The van der Waals surface area contributed by atoms with Gasteiger partial charge in [0.05, 0.1) is 11.4 Å². The smallest absolute Gasteiger partial charge is 0.156 e. The zero-order chi connectivity index (χ0) is 21.5. The maximum Gasteiger partial charge on any atom is 0.156 e. The third-order valence-electron chi connectivity index (χ3n) is 6.79. The van der Waals surface area contributed by atoms with Gasteiger partial charge < -0.3 is 10.4 Å². The van der Waals surface area contributed by atoms with E-state index in [1.807, 2.05) is 19.1 Å². The Morgan fingerprint density at radius 3 is 2.50 bits per heavy atom. The first kappa shape index (κ1) is 20.8. The lowest BCUT2D eigenvalue weighted by atomic mass is 9.83. The summed E-state index contributed by atoms with van der Waals surface area (Å²) in [6, 6.07) is 9.43. The van der Waals surface area contributed by atoms with Gasteiger partial charge in [0.25, 0.3) is 0 Å². The highest BCUT2D eigenvalue weighted by Gasteiger charge is 2.41. The molecular weight excluding hydrogens is 374 g/mol. The molecule has 3 aromatic rings. The van der Waals surface area contributed by atoms with Crippen LogP contribution in [0.15, 0.2) is 30.3 Å². The standard InChI is InChI=1S/C24H33N5O/c1-6-24(7-2)14-25-23(4,5)15-29(24)13-18-12-20(17-8-10-19(30)11-9-17)26-22-21(18)16(3)27-28-22/h8-12,25,30H,6-7,13-15H2,1-5H3,(H,26,27,28). The van der Waals surface area contributed by atoms with Crippen LogP contribution in [0.3, 0.4) is 0 Å². The molecule has 6 heteroatoms. The maximum absolute atomic E-state index is 9.66. The first-order chi connectivity index (χ1) is 14.3. The first-order valence-corrected chi connectivity index (χ1v) is 10.9. The van der Waals surface area contributed by atoms with Crippen molar-refractivity contribution in [3.05, 3.63) is 41.6 Å². The van der Waals surface area contributed by atoms with Crippen molar-refractivity contribution >= 4 is 11.0 Å². The van der Waals surface area contributed by atoms with Crippen molar-refractivity contribution in [1.29, 1.82) is 0 Å². The molecule has 0 atom stereocenters. The van der Waals surface area contributed by atoms with Crippen molar-refractivity contribution in [1.82, 2.24) is 25.4 Å². The van der Waals surface area contributed by atoms with Crippen molar-refractivity contribution in [3.8, 4) is 17.0 Å². The molecule has 4 rings (SSSR count). The Morgan fingerprint density at radius 1 is 1.13 bits per heavy atom. The van der Waals surface area contributed by atoms with E-state index in [1.165, 1.54) is 5.56 Å². The van der Waals surface area contributed by atoms with Crippen LogP contribution in [0.5, 0.6) is 5.75 Å². The van der Waals surface area contributed by atoms with Gasteiger partial charge in [-0.25, -0.2) is 4.98 Å². The number of benzene rings is 1. The van der Waals surface area contributed by atoms with E-state index in [1.54, 1.807) is 12.1 Å². The number of aromatic amines is 1. The Balaban J connectivity index is 1.80. The number of nitrogens with zero attached hydrogens (tertiary/aromatic N) is 3. The Hall–Kier alpha value is -2.44. The van der Waals surface area contributed by atoms with Gasteiger partial charge in [-0.2, -0.15) is 5.10 Å². The molecule has 30 heavy (non-hydrogen) atoms. The van der Waals surface area contributed by atoms with Gasteiger partial charge in [-0.1, -0.05) is 13.8 Å². The van der Waals surface area contributed by atoms with E-state index in [0.717, 1.165) is 60.5 Å². The monoisotopic (exact) mass is 407 g/mol. The zero-order valence-corrected chi connectivity index (χ0v) is 18.7. The summed E-state index contributed by atoms with van der Waals surface area (Å²) in [7, 11) is 0. The van der Waals surface area contributed by atoms with Crippen LogP contribution in [-0.2, 0) is 6.54 Å². The molecule has 2 aromatic heterocycles. The fourth-order valence-electron chi connectivity index (χ4n) is 4.77. The number of hydrogen-bond donors (Lipinski definition) is 3. The van der Waals surface area contributed by atoms with Crippen LogP contribution < -0.4 is 5.32 Å². The Labute approximate surface area is 178 Å². The summed E-state index contributed by atoms with van der Waals surface area (Å²) in [6.07, 6.45) is 2.21. The molecule has 0 aliphatic carbocycles. The third-order valence-corrected chi connectivity index (χ3v) is 6.79. The van der Waals surface area contributed by atoms with E-state index >= 15 is 0 Å². The normalized spacial score (nSPS) is 18.7. The summed E-state index contributed by atoms with van der Waals surface area (Å²) < 4.78 is 0. The number of aromatic hydroxyl groups is 1. The molecule has 0 radical (unpaired) electrons. The molecule has 0 saturated carbocycles. The summed E-state index contributed by atoms with van der Waals surface area (Å²) in [5.74, 6) is 0.260. The molecule has 0 unspecified atom stereocenters. The minimum atomic E-state index is 0.0746. The van der Waals surface area contributed by atoms with E-state index in [9.17, 15) is 5.11 Å². The highest BCUT2D eigenvalue weighted by atomic mass is 16.3. The van der Waals surface area contributed by atoms with Gasteiger partial charge in [-0.15, -0.1) is 0 Å². The van der Waals surface area contributed by atoms with Crippen LogP contribution in [0.25, 0.3) is 22.3 Å². The topological polar surface area (TPSA) is 77.1 Å². The predicted molar refractivity (Wildman–Crippen MR) is 122 cm³/mol. The minimum absolute atomic E-state index is 0.0746. The Bertz CT molecular complexity index is 1030. The van der Waals surface area contributed by atoms with Crippen molar-refractivity contribution < 1.29 is 5.11 Å². The van der Waals surface area contributed by atoms with E-state index in [-0.39, 0.29) is 16.8 Å². The molecule has 0 spiro atoms. The number of pyridine rings is 1. The summed E-state index contributed by atoms with van der Waals surface area (Å²) in [4.78, 5) is 7.48. The lowest BCUT2D eigenvalue weighted by Gasteiger charge is -2.52. The number of aryl methyl sites for hydroxylation is 1. The summed E-state index contributed by atoms with van der Waals surface area (Å²) in [5, 5.41) is 22.1. The van der Waals surface area contributed by atoms with E-state index < -0.39 is 0 Å². The highest BCUT2D eigenvalue weighted by molar-refractivity contribution is 5.84. The van der Waals surface area contributed by atoms with Gasteiger partial charge in [0.2, 0.25) is 0 Å². The van der Waals surface area contributed by atoms with Crippen LogP contribution in [0.2, 0.25) is 0 Å². The molecule has 3 heterocycles. The summed E-state index contributed by atoms with van der Waals surface area (Å²) in [5.41, 5.74) is 5.15. The SMILES string of the molecule is CCC1(CC)CNC(C)(C)CN1Cc1cc(-c2ccc(O)cc2)nc2[nH]nc(C)c12. The lowest BCUT2D eigenvalue weighted by molar-refractivity contribution is 0.00263. The van der Waals surface area contributed by atoms with Gasteiger partial charge in [0.15, 0.2) is 5.65 Å². The molecule has 1 aromatic carbocycles. The van der Waals surface area contributed by atoms with Crippen molar-refractivity contribution in [2.45, 2.75) is 65.1 Å². The average molecular weight is 408 g/mol. The quantitative estimate of drug-likeness (QED) is 0.585. The Morgan fingerprint density at radius 2 is 1.83 bits per heavy atom. The fraction of sp³-hybridized carbons (Fsp3) is 0.500. The van der Waals surface area contributed by atoms with Crippen LogP contribution in [0, 0.1) is 6.92 Å². The number of rotatable bonds is 5. The van der Waals surface area contributed by atoms with Crippen LogP contribution in [-0.4, -0.2) is 49.4 Å². The van der Waals surface area contributed by atoms with Gasteiger partial charge in [0.1, 0.15) is 5.75 Å². The van der Waals surface area contributed by atoms with Gasteiger partial charge in [0, 0.05) is 41.7 Å². The number of fused-ring (bicyclic) bond motifs is 1. The van der Waals surface area contributed by atoms with Gasteiger partial charge >= 0.3 is 0 Å². The van der Waals surface area contributed by atoms with Crippen molar-refractivity contribution in [3.63, 3.8) is 0 Å². The number of hydrogen-bond acceptors (Lipinski definition) is 5. The number of H-pyrrole nitrogens is 1. The highest BCUT2D eigenvalue weighted by Crippen LogP contribution is 2.34. The third kappa shape index (κ3) is 3.70. The predicted octanol–water partition coefficient (Wildman–Crippen LogP) is 4.38. The molecular formula is C24H33N5O. The molecule has 1 saturated heterocycles. The number of aromatic nitrogens is 3. The minimum Gasteiger partial charge on any atom is -0.508 e. The molecule has 6 nitrogen and oxygen atoms in total. The number of nitrogens with one attached hydrogen (secondary N) is 2. The molecule has 1 aliphatic heterocycles. The average Bonchev–Trinajstić information content (AvgIpc) is 3.10. The van der Waals surface area contributed by atoms with Crippen LogP contribution in [0.4, 0.5) is 0 Å². The maximum atomic E-state index is 9.66. The second-order valence-corrected chi connectivity index (χ2v) is 9.27. The summed E-state index contributed by atoms with van der Waals surface area (Å²) >= 11 is 0. The van der Waals surface area contributed by atoms with E-state index in [4.69, 9.17) is 4.98 Å². The number of phenolic OH excluding ortho intramolecular Hbond substituents is 1. The fourth-order valence-corrected chi connectivity index (χ4v) is 4.77. The van der Waals surface area contributed by atoms with Crippen LogP contribution in [0.1, 0.15) is 51.8 Å². The van der Waals surface area contributed by atoms with Gasteiger partial charge in [-0.3, -0.25) is 10.00 Å². The van der Waals surface area contributed by atoms with Gasteiger partial charge in [-0.05, 0) is 69.5 Å². The van der Waals surface area contributed by atoms with Crippen LogP contribution >= 0.6 is 0 Å². The first-order valence-electron chi connectivity index (χ1n) is 10.9. The molecule has 0 bridgehead atoms. The van der Waals surface area contributed by atoms with Crippen molar-refractivity contribution in [2.75, 3.05) is 13.1 Å². The number of piperazine rings is 1. The second kappa shape index (κ2) is 7.67. The zero-order valence-electron chi connectivity index (χ0n) is 18.7. The van der Waals surface area contributed by atoms with E-state index in [0.29, 0.717) is 0 Å². The molecule has 1 fully saturated rings. The molecule has 0 amide bonds. The Kier molecular flexibility index (Phi) is 5.32. The second-order valence-electron chi connectivity index (χ2n) is 9.27. The molecule has 1 aliphatic rings. The van der Waals surface area contributed by atoms with Crippen molar-refractivity contribution in [2.24, 2.45) is 0 Å². The largest absolute Gasteiger partial charge is 0.508 e. The molecule has 3 N–H and O–H groups in total. The lowest BCUT2D eigenvalue weighted by Crippen LogP contribution is -2.67. The number of phenols is 1. The molecule has 160 valence electrons. The summed E-state index contributed by atoms with van der Waals surface area (Å²) in [6.45, 7) is 14.0. The van der Waals surface area contributed by atoms with E-state index in [2.05, 4.69) is 54.2 Å².